The van der Waals surface area contributed by atoms with E-state index in [0.717, 1.165) is 0 Å². The van der Waals surface area contributed by atoms with Gasteiger partial charge in [-0.3, -0.25) is 4.79 Å². The van der Waals surface area contributed by atoms with Gasteiger partial charge in [0.2, 0.25) is 0 Å². The Morgan fingerprint density at radius 2 is 2.20 bits per heavy atom. The molecule has 0 saturated heterocycles. The summed E-state index contributed by atoms with van der Waals surface area (Å²) in [4.78, 5) is 13.2. The first-order chi connectivity index (χ1) is 7.06. The molecular formula is C11H15NO3. The van der Waals surface area contributed by atoms with Gasteiger partial charge in [-0.15, -0.1) is 0 Å². The summed E-state index contributed by atoms with van der Waals surface area (Å²) in [6.45, 7) is 1.67. The Bertz CT molecular complexity index is 351. The molecule has 0 aliphatic carbocycles. The Hall–Kier alpha value is -1.55. The number of hydrogen-bond donors (Lipinski definition) is 2. The van der Waals surface area contributed by atoms with E-state index in [4.69, 9.17) is 5.11 Å². The van der Waals surface area contributed by atoms with Gasteiger partial charge in [-0.2, -0.15) is 0 Å². The zero-order valence-corrected chi connectivity index (χ0v) is 8.84. The maximum Gasteiger partial charge on any atom is 0.254 e. The number of likely N-dealkylation sites (N-methyl/N-ethyl adjacent to an activating group) is 1. The molecule has 82 valence electrons. The van der Waals surface area contributed by atoms with Gasteiger partial charge in [0.15, 0.2) is 0 Å². The Morgan fingerprint density at radius 1 is 1.53 bits per heavy atom. The average Bonchev–Trinajstić information content (AvgIpc) is 2.26. The van der Waals surface area contributed by atoms with Crippen LogP contribution in [0.2, 0.25) is 0 Å². The monoisotopic (exact) mass is 209 g/mol. The van der Waals surface area contributed by atoms with Crippen molar-refractivity contribution >= 4 is 5.91 Å². The lowest BCUT2D eigenvalue weighted by atomic mass is 10.1. The highest BCUT2D eigenvalue weighted by Crippen LogP contribution is 2.13. The molecule has 0 aromatic heterocycles. The van der Waals surface area contributed by atoms with Gasteiger partial charge in [0, 0.05) is 12.6 Å². The van der Waals surface area contributed by atoms with E-state index in [1.807, 2.05) is 0 Å². The lowest BCUT2D eigenvalue weighted by Crippen LogP contribution is -2.37. The molecule has 0 aliphatic rings. The minimum absolute atomic E-state index is 0.0610. The third-order valence-corrected chi connectivity index (χ3v) is 2.34. The van der Waals surface area contributed by atoms with Crippen molar-refractivity contribution in [2.24, 2.45) is 0 Å². The quantitative estimate of drug-likeness (QED) is 0.775. The first-order valence-corrected chi connectivity index (χ1v) is 4.73. The number of aromatic hydroxyl groups is 1. The summed E-state index contributed by atoms with van der Waals surface area (Å²) in [6.07, 6.45) is 0. The minimum atomic E-state index is -0.236. The molecule has 2 N–H and O–H groups in total. The van der Waals surface area contributed by atoms with Crippen LogP contribution in [0.4, 0.5) is 0 Å². The van der Waals surface area contributed by atoms with Crippen molar-refractivity contribution in [1.82, 2.24) is 4.90 Å². The van der Waals surface area contributed by atoms with Crippen molar-refractivity contribution in [3.05, 3.63) is 29.8 Å². The molecule has 0 saturated carbocycles. The fourth-order valence-corrected chi connectivity index (χ4v) is 1.17. The average molecular weight is 209 g/mol. The molecule has 0 radical (unpaired) electrons. The molecular weight excluding hydrogens is 194 g/mol. The van der Waals surface area contributed by atoms with Gasteiger partial charge in [0.1, 0.15) is 5.75 Å². The smallest absolute Gasteiger partial charge is 0.254 e. The van der Waals surface area contributed by atoms with Crippen LogP contribution < -0.4 is 0 Å². The Labute approximate surface area is 88.8 Å². The van der Waals surface area contributed by atoms with Crippen molar-refractivity contribution in [3.8, 4) is 5.75 Å². The van der Waals surface area contributed by atoms with E-state index in [0.29, 0.717) is 5.56 Å². The van der Waals surface area contributed by atoms with E-state index in [1.54, 1.807) is 26.1 Å². The lowest BCUT2D eigenvalue weighted by Gasteiger charge is -2.23. The van der Waals surface area contributed by atoms with Gasteiger partial charge in [0.05, 0.1) is 12.6 Å². The molecule has 1 amide bonds. The number of phenols is 1. The van der Waals surface area contributed by atoms with Gasteiger partial charge < -0.3 is 15.1 Å². The maximum atomic E-state index is 11.8. The molecule has 0 spiro atoms. The molecule has 0 fully saturated rings. The predicted octanol–water partition coefficient (Wildman–Crippen LogP) is 0.845. The fraction of sp³-hybridized carbons (Fsp3) is 0.364. The molecule has 1 atom stereocenters. The molecule has 0 bridgehead atoms. The number of amides is 1. The van der Waals surface area contributed by atoms with Gasteiger partial charge >= 0.3 is 0 Å². The topological polar surface area (TPSA) is 60.8 Å². The van der Waals surface area contributed by atoms with E-state index in [1.165, 1.54) is 17.0 Å². The second kappa shape index (κ2) is 4.79. The van der Waals surface area contributed by atoms with Crippen LogP contribution in [-0.2, 0) is 0 Å². The van der Waals surface area contributed by atoms with E-state index < -0.39 is 0 Å². The number of phenolic OH excluding ortho intramolecular Hbond substituents is 1. The van der Waals surface area contributed by atoms with Crippen LogP contribution in [0, 0.1) is 0 Å². The van der Waals surface area contributed by atoms with Gasteiger partial charge in [0.25, 0.3) is 5.91 Å². The highest BCUT2D eigenvalue weighted by atomic mass is 16.3. The Kier molecular flexibility index (Phi) is 3.68. The summed E-state index contributed by atoms with van der Waals surface area (Å²) in [6, 6.07) is 5.91. The number of aliphatic hydroxyl groups is 1. The maximum absolute atomic E-state index is 11.8. The van der Waals surface area contributed by atoms with E-state index >= 15 is 0 Å². The van der Waals surface area contributed by atoms with Crippen molar-refractivity contribution in [2.75, 3.05) is 13.7 Å². The standard InChI is InChI=1S/C11H15NO3/c1-8(7-13)12(2)11(15)9-4-3-5-10(14)6-9/h3-6,8,13-14H,7H2,1-2H3. The number of carbonyl (C=O) groups excluding carboxylic acids is 1. The number of carbonyl (C=O) groups is 1. The predicted molar refractivity (Wildman–Crippen MR) is 56.7 cm³/mol. The number of hydrogen-bond acceptors (Lipinski definition) is 3. The second-order valence-corrected chi connectivity index (χ2v) is 3.50. The molecule has 0 aliphatic heterocycles. The number of nitrogens with zero attached hydrogens (tertiary/aromatic N) is 1. The lowest BCUT2D eigenvalue weighted by molar-refractivity contribution is 0.0682. The van der Waals surface area contributed by atoms with Crippen LogP contribution in [0.3, 0.4) is 0 Å². The van der Waals surface area contributed by atoms with Crippen LogP contribution in [0.15, 0.2) is 24.3 Å². The fourth-order valence-electron chi connectivity index (χ4n) is 1.17. The van der Waals surface area contributed by atoms with Crippen molar-refractivity contribution in [3.63, 3.8) is 0 Å². The van der Waals surface area contributed by atoms with Gasteiger partial charge in [-0.25, -0.2) is 0 Å². The summed E-state index contributed by atoms with van der Waals surface area (Å²) in [5.74, 6) is -0.154. The van der Waals surface area contributed by atoms with Crippen molar-refractivity contribution in [1.29, 1.82) is 0 Å². The molecule has 1 aromatic carbocycles. The minimum Gasteiger partial charge on any atom is -0.508 e. The van der Waals surface area contributed by atoms with Crippen LogP contribution >= 0.6 is 0 Å². The summed E-state index contributed by atoms with van der Waals surface area (Å²) in [5.41, 5.74) is 0.415. The number of aliphatic hydroxyl groups excluding tert-OH is 1. The third kappa shape index (κ3) is 2.70. The highest BCUT2D eigenvalue weighted by molar-refractivity contribution is 5.94. The largest absolute Gasteiger partial charge is 0.508 e. The van der Waals surface area contributed by atoms with E-state index in [-0.39, 0.29) is 24.3 Å². The Morgan fingerprint density at radius 3 is 2.73 bits per heavy atom. The third-order valence-electron chi connectivity index (χ3n) is 2.34. The van der Waals surface area contributed by atoms with E-state index in [2.05, 4.69) is 0 Å². The molecule has 4 heteroatoms. The van der Waals surface area contributed by atoms with E-state index in [9.17, 15) is 9.90 Å². The van der Waals surface area contributed by atoms with Crippen LogP contribution in [0.5, 0.6) is 5.75 Å². The van der Waals surface area contributed by atoms with Crippen molar-refractivity contribution < 1.29 is 15.0 Å². The first-order valence-electron chi connectivity index (χ1n) is 4.73. The number of benzene rings is 1. The van der Waals surface area contributed by atoms with Crippen LogP contribution in [0.1, 0.15) is 17.3 Å². The molecule has 15 heavy (non-hydrogen) atoms. The normalized spacial score (nSPS) is 12.2. The zero-order valence-electron chi connectivity index (χ0n) is 8.84. The Balaban J connectivity index is 2.85. The van der Waals surface area contributed by atoms with Crippen molar-refractivity contribution in [2.45, 2.75) is 13.0 Å². The highest BCUT2D eigenvalue weighted by Gasteiger charge is 2.16. The molecule has 1 unspecified atom stereocenters. The molecule has 1 rings (SSSR count). The summed E-state index contributed by atoms with van der Waals surface area (Å²) in [7, 11) is 1.62. The summed E-state index contributed by atoms with van der Waals surface area (Å²) >= 11 is 0. The van der Waals surface area contributed by atoms with Gasteiger partial charge in [-0.1, -0.05) is 6.07 Å². The SMILES string of the molecule is CC(CO)N(C)C(=O)c1cccc(O)c1. The van der Waals surface area contributed by atoms with Crippen LogP contribution in [0.25, 0.3) is 0 Å². The van der Waals surface area contributed by atoms with Crippen LogP contribution in [-0.4, -0.2) is 40.7 Å². The number of rotatable bonds is 3. The molecule has 4 nitrogen and oxygen atoms in total. The first kappa shape index (κ1) is 11.5. The summed E-state index contributed by atoms with van der Waals surface area (Å²) < 4.78 is 0. The second-order valence-electron chi connectivity index (χ2n) is 3.50. The molecule has 1 aromatic rings. The summed E-state index contributed by atoms with van der Waals surface area (Å²) in [5, 5.41) is 18.1. The molecule has 0 heterocycles. The zero-order chi connectivity index (χ0) is 11.4. The van der Waals surface area contributed by atoms with Gasteiger partial charge in [-0.05, 0) is 25.1 Å².